The molecule has 0 radical (unpaired) electrons. The molecule has 5 nitrogen and oxygen atoms in total. The summed E-state index contributed by atoms with van der Waals surface area (Å²) in [6, 6.07) is -0.786. The third-order valence-corrected chi connectivity index (χ3v) is 6.12. The normalized spacial score (nSPS) is 29.0. The van der Waals surface area contributed by atoms with Crippen molar-refractivity contribution in [1.82, 2.24) is 9.80 Å². The molecular weight excluding hydrogens is 288 g/mol. The monoisotopic (exact) mass is 314 g/mol. The van der Waals surface area contributed by atoms with Crippen LogP contribution in [0.25, 0.3) is 0 Å². The third kappa shape index (κ3) is 3.47. The quantitative estimate of drug-likeness (QED) is 0.851. The lowest BCUT2D eigenvalue weighted by atomic mass is 9.83. The van der Waals surface area contributed by atoms with Crippen LogP contribution in [0.1, 0.15) is 40.5 Å². The first-order valence-electron chi connectivity index (χ1n) is 7.64. The van der Waals surface area contributed by atoms with E-state index in [0.717, 1.165) is 25.9 Å². The van der Waals surface area contributed by atoms with Crippen LogP contribution < -0.4 is 0 Å². The zero-order chi connectivity index (χ0) is 15.8. The van der Waals surface area contributed by atoms with Gasteiger partial charge in [-0.1, -0.05) is 27.7 Å². The number of carboxylic acids is 1. The van der Waals surface area contributed by atoms with Gasteiger partial charge in [0.1, 0.15) is 6.04 Å². The van der Waals surface area contributed by atoms with Crippen LogP contribution in [0.5, 0.6) is 0 Å². The van der Waals surface area contributed by atoms with Gasteiger partial charge in [0.2, 0.25) is 0 Å². The van der Waals surface area contributed by atoms with Gasteiger partial charge < -0.3 is 10.0 Å². The van der Waals surface area contributed by atoms with E-state index in [1.165, 1.54) is 0 Å². The predicted octanol–water partition coefficient (Wildman–Crippen LogP) is 2.71. The number of carbonyl (C=O) groups is 2. The van der Waals surface area contributed by atoms with Crippen molar-refractivity contribution in [2.45, 2.75) is 52.0 Å². The van der Waals surface area contributed by atoms with Gasteiger partial charge >= 0.3 is 12.0 Å². The third-order valence-electron chi connectivity index (χ3n) is 4.50. The van der Waals surface area contributed by atoms with Crippen LogP contribution in [0.2, 0.25) is 0 Å². The maximum Gasteiger partial charge on any atom is 0.327 e. The van der Waals surface area contributed by atoms with Gasteiger partial charge in [0.15, 0.2) is 0 Å². The molecule has 2 heterocycles. The summed E-state index contributed by atoms with van der Waals surface area (Å²) in [5.74, 6) is -0.149. The molecule has 2 amide bonds. The highest BCUT2D eigenvalue weighted by atomic mass is 32.2. The van der Waals surface area contributed by atoms with Crippen molar-refractivity contribution in [2.24, 2.45) is 11.3 Å². The first-order chi connectivity index (χ1) is 9.73. The van der Waals surface area contributed by atoms with Crippen molar-refractivity contribution < 1.29 is 14.7 Å². The van der Waals surface area contributed by atoms with E-state index in [9.17, 15) is 14.7 Å². The number of urea groups is 1. The van der Waals surface area contributed by atoms with E-state index in [0.29, 0.717) is 5.75 Å². The second-order valence-corrected chi connectivity index (χ2v) is 8.31. The van der Waals surface area contributed by atoms with Crippen molar-refractivity contribution in [3.63, 3.8) is 0 Å². The molecule has 0 saturated carbocycles. The Morgan fingerprint density at radius 3 is 2.29 bits per heavy atom. The van der Waals surface area contributed by atoms with Crippen LogP contribution in [-0.2, 0) is 4.79 Å². The van der Waals surface area contributed by atoms with Crippen LogP contribution in [-0.4, -0.2) is 57.2 Å². The molecule has 0 aromatic carbocycles. The highest BCUT2D eigenvalue weighted by Gasteiger charge is 2.45. The van der Waals surface area contributed by atoms with E-state index >= 15 is 0 Å². The molecule has 0 aliphatic carbocycles. The number of piperidine rings is 1. The molecular formula is C15H26N2O3S. The fourth-order valence-electron chi connectivity index (χ4n) is 2.94. The molecule has 6 heteroatoms. The second-order valence-electron chi connectivity index (χ2n) is 7.16. The maximum atomic E-state index is 12.8. The predicted molar refractivity (Wildman–Crippen MR) is 84.3 cm³/mol. The van der Waals surface area contributed by atoms with Gasteiger partial charge in [-0.2, -0.15) is 0 Å². The lowest BCUT2D eigenvalue weighted by Crippen LogP contribution is -2.54. The molecule has 2 saturated heterocycles. The molecule has 2 aliphatic rings. The molecule has 2 fully saturated rings. The minimum Gasteiger partial charge on any atom is -0.480 e. The van der Waals surface area contributed by atoms with E-state index < -0.39 is 12.0 Å². The number of thioether (sulfide) groups is 1. The standard InChI is InChI=1S/C15H26N2O3S/c1-10(2)12-17(11(9-21-12)13(18)19)14(20)16-7-5-15(3,4)6-8-16/h10-12H,5-9H2,1-4H3,(H,18,19). The van der Waals surface area contributed by atoms with E-state index in [1.807, 2.05) is 18.7 Å². The largest absolute Gasteiger partial charge is 0.480 e. The summed E-state index contributed by atoms with van der Waals surface area (Å²) in [6.07, 6.45) is 1.95. The summed E-state index contributed by atoms with van der Waals surface area (Å²) in [6.45, 7) is 9.98. The SMILES string of the molecule is CC(C)C1SCC(C(=O)O)N1C(=O)N1CCC(C)(C)CC1. The second kappa shape index (κ2) is 6.07. The van der Waals surface area contributed by atoms with Crippen molar-refractivity contribution >= 4 is 23.8 Å². The fraction of sp³-hybridized carbons (Fsp3) is 0.867. The van der Waals surface area contributed by atoms with Crippen molar-refractivity contribution in [3.05, 3.63) is 0 Å². The van der Waals surface area contributed by atoms with Crippen molar-refractivity contribution in [3.8, 4) is 0 Å². The lowest BCUT2D eigenvalue weighted by Gasteiger charge is -2.40. The maximum absolute atomic E-state index is 12.8. The summed E-state index contributed by atoms with van der Waals surface area (Å²) in [5.41, 5.74) is 0.278. The number of carboxylic acid groups (broad SMARTS) is 1. The van der Waals surface area contributed by atoms with Crippen LogP contribution in [0.15, 0.2) is 0 Å². The van der Waals surface area contributed by atoms with Crippen LogP contribution in [0.3, 0.4) is 0 Å². The number of rotatable bonds is 2. The molecule has 2 unspecified atom stereocenters. The Morgan fingerprint density at radius 1 is 1.24 bits per heavy atom. The smallest absolute Gasteiger partial charge is 0.327 e. The minimum atomic E-state index is -0.892. The van der Waals surface area contributed by atoms with Gasteiger partial charge in [0, 0.05) is 18.8 Å². The lowest BCUT2D eigenvalue weighted by molar-refractivity contribution is -0.141. The Hall–Kier alpha value is -0.910. The van der Waals surface area contributed by atoms with Crippen molar-refractivity contribution in [2.75, 3.05) is 18.8 Å². The molecule has 2 rings (SSSR count). The molecule has 2 aliphatic heterocycles. The van der Waals surface area contributed by atoms with Crippen molar-refractivity contribution in [1.29, 1.82) is 0 Å². The average molecular weight is 314 g/mol. The number of hydrogen-bond donors (Lipinski definition) is 1. The van der Waals surface area contributed by atoms with Gasteiger partial charge in [-0.15, -0.1) is 11.8 Å². The molecule has 2 atom stereocenters. The zero-order valence-electron chi connectivity index (χ0n) is 13.3. The van der Waals surface area contributed by atoms with Crippen LogP contribution >= 0.6 is 11.8 Å². The molecule has 120 valence electrons. The Bertz CT molecular complexity index is 415. The first kappa shape index (κ1) is 16.5. The molecule has 0 aromatic heterocycles. The van der Waals surface area contributed by atoms with Crippen LogP contribution in [0, 0.1) is 11.3 Å². The topological polar surface area (TPSA) is 60.9 Å². The number of aliphatic carboxylic acids is 1. The Balaban J connectivity index is 2.12. The number of carbonyl (C=O) groups excluding carboxylic acids is 1. The highest BCUT2D eigenvalue weighted by molar-refractivity contribution is 8.00. The van der Waals surface area contributed by atoms with E-state index in [-0.39, 0.29) is 22.7 Å². The van der Waals surface area contributed by atoms with E-state index in [4.69, 9.17) is 0 Å². The molecule has 0 spiro atoms. The van der Waals surface area contributed by atoms with Gasteiger partial charge in [-0.25, -0.2) is 9.59 Å². The van der Waals surface area contributed by atoms with Gasteiger partial charge in [-0.05, 0) is 24.2 Å². The Labute approximate surface area is 131 Å². The molecule has 0 bridgehead atoms. The molecule has 21 heavy (non-hydrogen) atoms. The average Bonchev–Trinajstić information content (AvgIpc) is 2.82. The number of likely N-dealkylation sites (tertiary alicyclic amines) is 1. The Kier molecular flexibility index (Phi) is 4.76. The van der Waals surface area contributed by atoms with Gasteiger partial charge in [0.05, 0.1) is 5.37 Å². The van der Waals surface area contributed by atoms with Gasteiger partial charge in [0.25, 0.3) is 0 Å². The summed E-state index contributed by atoms with van der Waals surface area (Å²) in [7, 11) is 0. The van der Waals surface area contributed by atoms with E-state index in [1.54, 1.807) is 16.7 Å². The minimum absolute atomic E-state index is 0.0338. The zero-order valence-corrected chi connectivity index (χ0v) is 14.2. The number of nitrogens with zero attached hydrogens (tertiary/aromatic N) is 2. The summed E-state index contributed by atoms with van der Waals surface area (Å²) < 4.78 is 0. The highest BCUT2D eigenvalue weighted by Crippen LogP contribution is 2.36. The van der Waals surface area contributed by atoms with Gasteiger partial charge in [-0.3, -0.25) is 4.90 Å². The fourth-order valence-corrected chi connectivity index (χ4v) is 4.41. The summed E-state index contributed by atoms with van der Waals surface area (Å²) >= 11 is 1.58. The number of amides is 2. The summed E-state index contributed by atoms with van der Waals surface area (Å²) in [5, 5.41) is 9.35. The number of hydrogen-bond acceptors (Lipinski definition) is 3. The molecule has 1 N–H and O–H groups in total. The Morgan fingerprint density at radius 2 is 1.81 bits per heavy atom. The van der Waals surface area contributed by atoms with E-state index in [2.05, 4.69) is 13.8 Å². The first-order valence-corrected chi connectivity index (χ1v) is 8.69. The summed E-state index contributed by atoms with van der Waals surface area (Å²) in [4.78, 5) is 27.7. The van der Waals surface area contributed by atoms with Crippen LogP contribution in [0.4, 0.5) is 4.79 Å². The molecule has 0 aromatic rings.